The van der Waals surface area contributed by atoms with E-state index in [9.17, 15) is 14.4 Å². The molecular weight excluding hydrogens is 346 g/mol. The summed E-state index contributed by atoms with van der Waals surface area (Å²) >= 11 is 0. The molecule has 1 aliphatic heterocycles. The number of hydrogen-bond donors (Lipinski definition) is 0. The van der Waals surface area contributed by atoms with Gasteiger partial charge in [-0.3, -0.25) is 19.3 Å². The normalized spacial score (nSPS) is 16.8. The molecule has 146 valence electrons. The summed E-state index contributed by atoms with van der Waals surface area (Å²) in [7, 11) is 1.59. The minimum atomic E-state index is -0.186. The summed E-state index contributed by atoms with van der Waals surface area (Å²) in [6, 6.07) is 7.16. The topological polar surface area (TPSA) is 70.2 Å². The zero-order valence-corrected chi connectivity index (χ0v) is 16.2. The van der Waals surface area contributed by atoms with Crippen molar-refractivity contribution >= 4 is 23.4 Å². The van der Waals surface area contributed by atoms with E-state index >= 15 is 0 Å². The summed E-state index contributed by atoms with van der Waals surface area (Å²) in [6.45, 7) is 4.91. The Morgan fingerprint density at radius 3 is 2.44 bits per heavy atom. The molecule has 0 N–H and O–H groups in total. The first-order chi connectivity index (χ1) is 12.9. The van der Waals surface area contributed by atoms with Gasteiger partial charge in [-0.05, 0) is 43.0 Å². The van der Waals surface area contributed by atoms with Gasteiger partial charge in [0.1, 0.15) is 19.0 Å². The van der Waals surface area contributed by atoms with Gasteiger partial charge in [-0.2, -0.15) is 0 Å². The fourth-order valence-corrected chi connectivity index (χ4v) is 3.23. The van der Waals surface area contributed by atoms with Crippen molar-refractivity contribution in [2.45, 2.75) is 26.7 Å². The molecule has 7 heteroatoms. The van der Waals surface area contributed by atoms with Crippen molar-refractivity contribution in [3.8, 4) is 5.75 Å². The van der Waals surface area contributed by atoms with E-state index in [1.165, 1.54) is 4.90 Å². The number of amides is 3. The van der Waals surface area contributed by atoms with E-state index in [0.29, 0.717) is 12.3 Å². The molecule has 2 fully saturated rings. The summed E-state index contributed by atoms with van der Waals surface area (Å²) < 4.78 is 5.13. The van der Waals surface area contributed by atoms with Crippen molar-refractivity contribution in [1.29, 1.82) is 0 Å². The second kappa shape index (κ2) is 7.98. The molecule has 2 aliphatic rings. The van der Waals surface area contributed by atoms with Crippen LogP contribution in [0.5, 0.6) is 5.75 Å². The van der Waals surface area contributed by atoms with E-state index in [0.717, 1.165) is 18.5 Å². The third-order valence-electron chi connectivity index (χ3n) is 4.83. The van der Waals surface area contributed by atoms with E-state index in [4.69, 9.17) is 4.74 Å². The molecule has 0 unspecified atom stereocenters. The Hall–Kier alpha value is -2.57. The average Bonchev–Trinajstić information content (AvgIpc) is 3.42. The Morgan fingerprint density at radius 1 is 1.22 bits per heavy atom. The molecule has 1 saturated heterocycles. The molecule has 27 heavy (non-hydrogen) atoms. The minimum Gasteiger partial charge on any atom is -0.497 e. The first-order valence-corrected chi connectivity index (χ1v) is 9.40. The summed E-state index contributed by atoms with van der Waals surface area (Å²) in [5.74, 6) is 0.825. The number of benzene rings is 1. The number of ether oxygens (including phenoxy) is 1. The summed E-state index contributed by atoms with van der Waals surface area (Å²) in [5, 5.41) is 0. The van der Waals surface area contributed by atoms with E-state index in [1.807, 2.05) is 13.8 Å². The number of nitrogens with zero attached hydrogens (tertiary/aromatic N) is 3. The number of carbonyl (C=O) groups is 3. The fraction of sp³-hybridized carbons (Fsp3) is 0.550. The van der Waals surface area contributed by atoms with Crippen molar-refractivity contribution in [3.05, 3.63) is 24.3 Å². The predicted molar refractivity (Wildman–Crippen MR) is 101 cm³/mol. The highest BCUT2D eigenvalue weighted by Gasteiger charge is 2.37. The second-order valence-electron chi connectivity index (χ2n) is 7.64. The number of rotatable bonds is 7. The highest BCUT2D eigenvalue weighted by molar-refractivity contribution is 6.00. The molecule has 0 aromatic heterocycles. The Kier molecular flexibility index (Phi) is 5.68. The lowest BCUT2D eigenvalue weighted by Gasteiger charge is -2.26. The fourth-order valence-electron chi connectivity index (χ4n) is 3.23. The highest BCUT2D eigenvalue weighted by atomic mass is 16.5. The largest absolute Gasteiger partial charge is 0.497 e. The zero-order valence-electron chi connectivity index (χ0n) is 16.2. The predicted octanol–water partition coefficient (Wildman–Crippen LogP) is 1.72. The number of carbonyl (C=O) groups excluding carboxylic acids is 3. The van der Waals surface area contributed by atoms with Crippen LogP contribution < -0.4 is 9.64 Å². The summed E-state index contributed by atoms with van der Waals surface area (Å²) in [6.07, 6.45) is 1.82. The molecule has 1 aromatic carbocycles. The van der Waals surface area contributed by atoms with Crippen LogP contribution in [0.3, 0.4) is 0 Å². The van der Waals surface area contributed by atoms with Gasteiger partial charge < -0.3 is 14.5 Å². The van der Waals surface area contributed by atoms with Crippen molar-refractivity contribution < 1.29 is 19.1 Å². The number of methoxy groups -OCH3 is 1. The first kappa shape index (κ1) is 19.2. The first-order valence-electron chi connectivity index (χ1n) is 9.40. The van der Waals surface area contributed by atoms with Gasteiger partial charge >= 0.3 is 0 Å². The maximum absolute atomic E-state index is 12.7. The average molecular weight is 373 g/mol. The van der Waals surface area contributed by atoms with Crippen LogP contribution in [0.1, 0.15) is 26.7 Å². The summed E-state index contributed by atoms with van der Waals surface area (Å²) in [5.41, 5.74) is 0.726. The minimum absolute atomic E-state index is 0.0389. The molecule has 1 aromatic rings. The molecule has 1 heterocycles. The van der Waals surface area contributed by atoms with Gasteiger partial charge in [-0.15, -0.1) is 0 Å². The Bertz CT molecular complexity index is 712. The Morgan fingerprint density at radius 2 is 1.89 bits per heavy atom. The third-order valence-corrected chi connectivity index (χ3v) is 4.83. The molecule has 0 spiro atoms. The van der Waals surface area contributed by atoms with Crippen LogP contribution in [0.15, 0.2) is 24.3 Å². The van der Waals surface area contributed by atoms with Gasteiger partial charge in [-0.1, -0.05) is 13.8 Å². The maximum atomic E-state index is 12.7. The molecule has 1 aliphatic carbocycles. The molecule has 0 radical (unpaired) electrons. The molecule has 0 atom stereocenters. The lowest BCUT2D eigenvalue weighted by molar-refractivity contribution is -0.141. The van der Waals surface area contributed by atoms with E-state index in [1.54, 1.807) is 41.2 Å². The van der Waals surface area contributed by atoms with Gasteiger partial charge in [-0.25, -0.2) is 0 Å². The lowest BCUT2D eigenvalue weighted by Crippen LogP contribution is -2.44. The standard InChI is InChI=1S/C20H27N3O4/c1-14(2)10-21(20(26)15-4-5-15)11-18(24)22-12-19(25)23(13-22)16-6-8-17(27-3)9-7-16/h6-9,14-15H,4-5,10-13H2,1-3H3. The van der Waals surface area contributed by atoms with Crippen LogP contribution in [0.2, 0.25) is 0 Å². The summed E-state index contributed by atoms with van der Waals surface area (Å²) in [4.78, 5) is 42.3. The van der Waals surface area contributed by atoms with Crippen LogP contribution in [0.25, 0.3) is 0 Å². The van der Waals surface area contributed by atoms with Gasteiger partial charge in [0.05, 0.1) is 13.7 Å². The monoisotopic (exact) mass is 373 g/mol. The zero-order chi connectivity index (χ0) is 19.6. The second-order valence-corrected chi connectivity index (χ2v) is 7.64. The molecule has 3 rings (SSSR count). The molecular formula is C20H27N3O4. The van der Waals surface area contributed by atoms with Crippen LogP contribution in [0.4, 0.5) is 5.69 Å². The van der Waals surface area contributed by atoms with Crippen molar-refractivity contribution in [1.82, 2.24) is 9.80 Å². The molecule has 7 nitrogen and oxygen atoms in total. The maximum Gasteiger partial charge on any atom is 0.248 e. The van der Waals surface area contributed by atoms with Crippen LogP contribution in [-0.4, -0.2) is 60.9 Å². The van der Waals surface area contributed by atoms with Crippen LogP contribution in [-0.2, 0) is 14.4 Å². The SMILES string of the molecule is COc1ccc(N2CN(C(=O)CN(CC(C)C)C(=O)C3CC3)CC2=O)cc1. The Labute approximate surface area is 159 Å². The van der Waals surface area contributed by atoms with Crippen molar-refractivity contribution in [3.63, 3.8) is 0 Å². The van der Waals surface area contributed by atoms with Gasteiger partial charge in [0.25, 0.3) is 0 Å². The number of hydrogen-bond acceptors (Lipinski definition) is 4. The quantitative estimate of drug-likeness (QED) is 0.730. The Balaban J connectivity index is 1.64. The van der Waals surface area contributed by atoms with Crippen LogP contribution >= 0.6 is 0 Å². The smallest absolute Gasteiger partial charge is 0.248 e. The van der Waals surface area contributed by atoms with Gasteiger partial charge in [0.15, 0.2) is 0 Å². The van der Waals surface area contributed by atoms with E-state index in [-0.39, 0.29) is 49.3 Å². The number of anilines is 1. The van der Waals surface area contributed by atoms with Crippen LogP contribution in [0, 0.1) is 11.8 Å². The molecule has 1 saturated carbocycles. The van der Waals surface area contributed by atoms with Gasteiger partial charge in [0, 0.05) is 18.2 Å². The van der Waals surface area contributed by atoms with Crippen molar-refractivity contribution in [2.24, 2.45) is 11.8 Å². The van der Waals surface area contributed by atoms with E-state index in [2.05, 4.69) is 0 Å². The van der Waals surface area contributed by atoms with Crippen molar-refractivity contribution in [2.75, 3.05) is 38.3 Å². The third kappa shape index (κ3) is 4.59. The molecule has 3 amide bonds. The lowest BCUT2D eigenvalue weighted by atomic mass is 10.2. The van der Waals surface area contributed by atoms with E-state index < -0.39 is 0 Å². The highest BCUT2D eigenvalue weighted by Crippen LogP contribution is 2.31. The molecule has 0 bridgehead atoms. The van der Waals surface area contributed by atoms with Gasteiger partial charge in [0.2, 0.25) is 17.7 Å².